The Hall–Kier alpha value is -3.14. The molecule has 1 aliphatic carbocycles. The number of nitrogens with zero attached hydrogens (tertiary/aromatic N) is 2. The summed E-state index contributed by atoms with van der Waals surface area (Å²) in [6.45, 7) is 4.85. The topological polar surface area (TPSA) is 40.6 Å². The predicted molar refractivity (Wildman–Crippen MR) is 105 cm³/mol. The molecule has 27 heavy (non-hydrogen) atoms. The Kier molecular flexibility index (Phi) is 4.63. The molecule has 0 saturated carbocycles. The average Bonchev–Trinajstić information content (AvgIpc) is 2.69. The number of fused-ring (bicyclic) bond motifs is 1. The molecule has 4 nitrogen and oxygen atoms in total. The van der Waals surface area contributed by atoms with Crippen molar-refractivity contribution in [3.05, 3.63) is 94.8 Å². The number of benzene rings is 2. The monoisotopic (exact) mass is 358 g/mol. The van der Waals surface area contributed by atoms with E-state index in [1.165, 1.54) is 17.2 Å². The van der Waals surface area contributed by atoms with Gasteiger partial charge in [-0.3, -0.25) is 9.59 Å². The summed E-state index contributed by atoms with van der Waals surface area (Å²) < 4.78 is 0. The highest BCUT2D eigenvalue weighted by Gasteiger charge is 2.34. The Bertz CT molecular complexity index is 929. The summed E-state index contributed by atoms with van der Waals surface area (Å²) in [5.41, 5.74) is 4.69. The first-order valence-corrected chi connectivity index (χ1v) is 9.23. The molecular weight excluding hydrogens is 336 g/mol. The Morgan fingerprint density at radius 3 is 1.89 bits per heavy atom. The van der Waals surface area contributed by atoms with Crippen molar-refractivity contribution in [3.8, 4) is 0 Å². The molecule has 0 N–H and O–H groups in total. The zero-order chi connectivity index (χ0) is 18.8. The molecule has 0 radical (unpaired) electrons. The van der Waals surface area contributed by atoms with E-state index in [0.717, 1.165) is 37.6 Å². The first kappa shape index (κ1) is 17.3. The van der Waals surface area contributed by atoms with Crippen LogP contribution in [0.25, 0.3) is 0 Å². The van der Waals surface area contributed by atoms with Crippen molar-refractivity contribution in [3.63, 3.8) is 0 Å². The molecule has 0 spiro atoms. The van der Waals surface area contributed by atoms with Crippen molar-refractivity contribution >= 4 is 11.6 Å². The van der Waals surface area contributed by atoms with E-state index in [1.807, 2.05) is 36.4 Å². The standard InChI is InChI=1S/C23H22N2O2/c1-17-22-20(14-21(26)23(17)27)24(15-18-8-4-2-5-9-18)12-13-25(22)16-19-10-6-3-7-11-19/h2-11,14H,12-13,15-16H2,1H3. The van der Waals surface area contributed by atoms with Crippen LogP contribution in [0.1, 0.15) is 18.1 Å². The molecule has 1 fully saturated rings. The molecule has 1 heterocycles. The van der Waals surface area contributed by atoms with Gasteiger partial charge in [0.2, 0.25) is 11.6 Å². The molecule has 1 saturated heterocycles. The highest BCUT2D eigenvalue weighted by Crippen LogP contribution is 2.33. The summed E-state index contributed by atoms with van der Waals surface area (Å²) in [4.78, 5) is 29.0. The summed E-state index contributed by atoms with van der Waals surface area (Å²) in [6.07, 6.45) is 1.52. The Balaban J connectivity index is 1.67. The average molecular weight is 358 g/mol. The van der Waals surface area contributed by atoms with Gasteiger partial charge in [0, 0.05) is 37.8 Å². The normalized spacial score (nSPS) is 17.1. The number of carbonyl (C=O) groups is 2. The lowest BCUT2D eigenvalue weighted by atomic mass is 9.94. The Morgan fingerprint density at radius 2 is 1.30 bits per heavy atom. The molecular formula is C23H22N2O2. The molecule has 4 heteroatoms. The van der Waals surface area contributed by atoms with Crippen LogP contribution in [-0.4, -0.2) is 34.5 Å². The third kappa shape index (κ3) is 3.43. The van der Waals surface area contributed by atoms with Crippen LogP contribution < -0.4 is 0 Å². The number of carbonyl (C=O) groups excluding carboxylic acids is 2. The maximum atomic E-state index is 12.3. The van der Waals surface area contributed by atoms with Crippen LogP contribution in [0.4, 0.5) is 0 Å². The highest BCUT2D eigenvalue weighted by atomic mass is 16.2. The van der Waals surface area contributed by atoms with Gasteiger partial charge in [-0.2, -0.15) is 0 Å². The quantitative estimate of drug-likeness (QED) is 0.621. The van der Waals surface area contributed by atoms with Crippen molar-refractivity contribution in [2.45, 2.75) is 20.0 Å². The fraction of sp³-hybridized carbons (Fsp3) is 0.217. The van der Waals surface area contributed by atoms with Crippen LogP contribution in [0.2, 0.25) is 0 Å². The van der Waals surface area contributed by atoms with E-state index in [2.05, 4.69) is 34.1 Å². The van der Waals surface area contributed by atoms with Gasteiger partial charge in [-0.25, -0.2) is 0 Å². The number of ketones is 2. The third-order valence-electron chi connectivity index (χ3n) is 5.16. The molecule has 0 bridgehead atoms. The van der Waals surface area contributed by atoms with Crippen LogP contribution in [0.3, 0.4) is 0 Å². The minimum absolute atomic E-state index is 0.395. The summed E-state index contributed by atoms with van der Waals surface area (Å²) in [5, 5.41) is 0. The Morgan fingerprint density at radius 1 is 0.778 bits per heavy atom. The zero-order valence-electron chi connectivity index (χ0n) is 15.4. The fourth-order valence-corrected chi connectivity index (χ4v) is 3.79. The minimum atomic E-state index is -0.425. The number of Topliss-reactive ketones (excluding diaryl/α,β-unsaturated/α-hetero) is 1. The van der Waals surface area contributed by atoms with Crippen molar-refractivity contribution in [1.29, 1.82) is 0 Å². The maximum absolute atomic E-state index is 12.3. The van der Waals surface area contributed by atoms with Gasteiger partial charge in [0.1, 0.15) is 0 Å². The number of hydrogen-bond donors (Lipinski definition) is 0. The molecule has 2 aromatic carbocycles. The summed E-state index contributed by atoms with van der Waals surface area (Å²) in [6, 6.07) is 20.4. The van der Waals surface area contributed by atoms with Gasteiger partial charge in [-0.05, 0) is 18.1 Å². The predicted octanol–water partition coefficient (Wildman–Crippen LogP) is 3.31. The van der Waals surface area contributed by atoms with Crippen molar-refractivity contribution in [2.75, 3.05) is 13.1 Å². The molecule has 0 amide bonds. The van der Waals surface area contributed by atoms with Crippen LogP contribution in [0, 0.1) is 0 Å². The second-order valence-electron chi connectivity index (χ2n) is 7.01. The van der Waals surface area contributed by atoms with Crippen LogP contribution in [-0.2, 0) is 22.7 Å². The molecule has 0 aromatic heterocycles. The molecule has 0 unspecified atom stereocenters. The molecule has 2 aromatic rings. The smallest absolute Gasteiger partial charge is 0.230 e. The summed E-state index contributed by atoms with van der Waals surface area (Å²) in [7, 11) is 0. The van der Waals surface area contributed by atoms with Crippen LogP contribution >= 0.6 is 0 Å². The maximum Gasteiger partial charge on any atom is 0.230 e. The molecule has 1 aliphatic heterocycles. The summed E-state index contributed by atoms with van der Waals surface area (Å²) >= 11 is 0. The van der Waals surface area contributed by atoms with E-state index in [-0.39, 0.29) is 0 Å². The highest BCUT2D eigenvalue weighted by molar-refractivity contribution is 6.48. The number of rotatable bonds is 4. The van der Waals surface area contributed by atoms with Crippen LogP contribution in [0.15, 0.2) is 83.7 Å². The summed E-state index contributed by atoms with van der Waals surface area (Å²) in [5.74, 6) is -0.820. The lowest BCUT2D eigenvalue weighted by Gasteiger charge is -2.43. The second-order valence-corrected chi connectivity index (χ2v) is 7.01. The first-order chi connectivity index (χ1) is 13.1. The minimum Gasteiger partial charge on any atom is -0.364 e. The molecule has 4 rings (SSSR count). The van der Waals surface area contributed by atoms with E-state index in [0.29, 0.717) is 5.57 Å². The van der Waals surface area contributed by atoms with Crippen molar-refractivity contribution < 1.29 is 9.59 Å². The van der Waals surface area contributed by atoms with Gasteiger partial charge < -0.3 is 9.80 Å². The number of allylic oxidation sites excluding steroid dienone is 2. The third-order valence-corrected chi connectivity index (χ3v) is 5.16. The van der Waals surface area contributed by atoms with E-state index in [9.17, 15) is 9.59 Å². The van der Waals surface area contributed by atoms with Gasteiger partial charge in [0.25, 0.3) is 0 Å². The van der Waals surface area contributed by atoms with Gasteiger partial charge in [-0.15, -0.1) is 0 Å². The fourth-order valence-electron chi connectivity index (χ4n) is 3.79. The van der Waals surface area contributed by atoms with Gasteiger partial charge in [0.05, 0.1) is 11.4 Å². The largest absolute Gasteiger partial charge is 0.364 e. The van der Waals surface area contributed by atoms with Crippen molar-refractivity contribution in [2.24, 2.45) is 0 Å². The van der Waals surface area contributed by atoms with E-state index in [4.69, 9.17) is 0 Å². The van der Waals surface area contributed by atoms with E-state index in [1.54, 1.807) is 6.92 Å². The van der Waals surface area contributed by atoms with Crippen LogP contribution in [0.5, 0.6) is 0 Å². The Labute approximate surface area is 159 Å². The van der Waals surface area contributed by atoms with Gasteiger partial charge in [0.15, 0.2) is 0 Å². The first-order valence-electron chi connectivity index (χ1n) is 9.23. The number of piperazine rings is 1. The van der Waals surface area contributed by atoms with Gasteiger partial charge in [-0.1, -0.05) is 60.7 Å². The molecule has 2 aliphatic rings. The SMILES string of the molecule is CC1=C2C(=CC(=O)C1=O)N(Cc1ccccc1)CCN2Cc1ccccc1. The van der Waals surface area contributed by atoms with E-state index < -0.39 is 11.6 Å². The van der Waals surface area contributed by atoms with E-state index >= 15 is 0 Å². The molecule has 0 atom stereocenters. The molecule has 136 valence electrons. The van der Waals surface area contributed by atoms with Gasteiger partial charge >= 0.3 is 0 Å². The van der Waals surface area contributed by atoms with Crippen molar-refractivity contribution in [1.82, 2.24) is 9.80 Å². The second kappa shape index (κ2) is 7.23. The lowest BCUT2D eigenvalue weighted by Crippen LogP contribution is -2.45. The zero-order valence-corrected chi connectivity index (χ0v) is 15.4. The lowest BCUT2D eigenvalue weighted by molar-refractivity contribution is -0.131. The number of hydrogen-bond acceptors (Lipinski definition) is 4.